The van der Waals surface area contributed by atoms with Gasteiger partial charge < -0.3 is 10.4 Å². The molecule has 0 unspecified atom stereocenters. The second-order valence-corrected chi connectivity index (χ2v) is 5.25. The molecule has 0 radical (unpaired) electrons. The maximum absolute atomic E-state index is 9.24. The quantitative estimate of drug-likeness (QED) is 0.839. The number of hydrogen-bond donors (Lipinski definition) is 2. The Morgan fingerprint density at radius 1 is 1.24 bits per heavy atom. The summed E-state index contributed by atoms with van der Waals surface area (Å²) in [4.78, 5) is 2.48. The van der Waals surface area contributed by atoms with Crippen molar-refractivity contribution >= 4 is 0 Å². The van der Waals surface area contributed by atoms with E-state index in [9.17, 15) is 5.11 Å². The van der Waals surface area contributed by atoms with Crippen LogP contribution in [0.3, 0.4) is 0 Å². The standard InChI is InChI=1S/C14H22N2O/c1-14(15-2)7-9-16(10-8-14)11-12-3-5-13(17)6-4-12/h3-6,15,17H,7-11H2,1-2H3. The van der Waals surface area contributed by atoms with Crippen molar-refractivity contribution in [3.8, 4) is 5.75 Å². The summed E-state index contributed by atoms with van der Waals surface area (Å²) in [5.41, 5.74) is 1.58. The van der Waals surface area contributed by atoms with E-state index in [4.69, 9.17) is 0 Å². The Labute approximate surface area is 103 Å². The van der Waals surface area contributed by atoms with Crippen LogP contribution < -0.4 is 5.32 Å². The predicted octanol–water partition coefficient (Wildman–Crippen LogP) is 1.97. The minimum absolute atomic E-state index is 0.311. The smallest absolute Gasteiger partial charge is 0.115 e. The molecule has 1 fully saturated rings. The number of likely N-dealkylation sites (tertiary alicyclic amines) is 1. The van der Waals surface area contributed by atoms with Crippen LogP contribution in [-0.4, -0.2) is 35.7 Å². The summed E-state index contributed by atoms with van der Waals surface area (Å²) in [6.07, 6.45) is 2.39. The lowest BCUT2D eigenvalue weighted by Gasteiger charge is -2.39. The van der Waals surface area contributed by atoms with Crippen molar-refractivity contribution in [3.05, 3.63) is 29.8 Å². The van der Waals surface area contributed by atoms with Crippen LogP contribution in [0.5, 0.6) is 5.75 Å². The second-order valence-electron chi connectivity index (χ2n) is 5.25. The fourth-order valence-corrected chi connectivity index (χ4v) is 2.31. The number of aromatic hydroxyl groups is 1. The molecule has 0 atom stereocenters. The minimum Gasteiger partial charge on any atom is -0.508 e. The third-order valence-electron chi connectivity index (χ3n) is 3.91. The van der Waals surface area contributed by atoms with E-state index in [2.05, 4.69) is 24.2 Å². The van der Waals surface area contributed by atoms with Crippen molar-refractivity contribution in [1.29, 1.82) is 0 Å². The van der Waals surface area contributed by atoms with Crippen LogP contribution in [0.2, 0.25) is 0 Å². The lowest BCUT2D eigenvalue weighted by Crippen LogP contribution is -2.49. The zero-order valence-corrected chi connectivity index (χ0v) is 10.7. The van der Waals surface area contributed by atoms with Gasteiger partial charge in [0.05, 0.1) is 0 Å². The molecule has 1 aliphatic rings. The molecule has 0 aromatic heterocycles. The van der Waals surface area contributed by atoms with Gasteiger partial charge in [0.2, 0.25) is 0 Å². The number of rotatable bonds is 3. The Kier molecular flexibility index (Phi) is 3.69. The van der Waals surface area contributed by atoms with Gasteiger partial charge in [0, 0.05) is 25.2 Å². The third-order valence-corrected chi connectivity index (χ3v) is 3.91. The van der Waals surface area contributed by atoms with Crippen LogP contribution >= 0.6 is 0 Å². The molecule has 0 bridgehead atoms. The van der Waals surface area contributed by atoms with Gasteiger partial charge in [0.15, 0.2) is 0 Å². The Bertz CT molecular complexity index is 353. The van der Waals surface area contributed by atoms with E-state index in [1.54, 1.807) is 12.1 Å². The summed E-state index contributed by atoms with van der Waals surface area (Å²) in [5, 5.41) is 12.7. The van der Waals surface area contributed by atoms with E-state index in [0.29, 0.717) is 11.3 Å². The Balaban J connectivity index is 1.88. The van der Waals surface area contributed by atoms with Crippen molar-refractivity contribution < 1.29 is 5.11 Å². The first kappa shape index (κ1) is 12.4. The predicted molar refractivity (Wildman–Crippen MR) is 70.1 cm³/mol. The van der Waals surface area contributed by atoms with Crippen molar-refractivity contribution in [1.82, 2.24) is 10.2 Å². The summed E-state index contributed by atoms with van der Waals surface area (Å²) >= 11 is 0. The summed E-state index contributed by atoms with van der Waals surface area (Å²) < 4.78 is 0. The molecule has 0 amide bonds. The fraction of sp³-hybridized carbons (Fsp3) is 0.571. The molecule has 1 heterocycles. The second kappa shape index (κ2) is 5.07. The normalized spacial score (nSPS) is 20.4. The molecule has 0 saturated carbocycles. The molecular formula is C14H22N2O. The van der Waals surface area contributed by atoms with Crippen LogP contribution in [0.25, 0.3) is 0 Å². The van der Waals surface area contributed by atoms with Crippen LogP contribution in [0.4, 0.5) is 0 Å². The highest BCUT2D eigenvalue weighted by molar-refractivity contribution is 5.25. The number of hydrogen-bond acceptors (Lipinski definition) is 3. The third kappa shape index (κ3) is 3.20. The van der Waals surface area contributed by atoms with Crippen molar-refractivity contribution in [2.24, 2.45) is 0 Å². The molecule has 17 heavy (non-hydrogen) atoms. The number of nitrogens with zero attached hydrogens (tertiary/aromatic N) is 1. The van der Waals surface area contributed by atoms with Crippen molar-refractivity contribution in [2.75, 3.05) is 20.1 Å². The zero-order valence-electron chi connectivity index (χ0n) is 10.7. The number of phenols is 1. The molecule has 1 aliphatic heterocycles. The molecule has 3 nitrogen and oxygen atoms in total. The monoisotopic (exact) mass is 234 g/mol. The Morgan fingerprint density at radius 2 is 1.82 bits per heavy atom. The van der Waals surface area contributed by atoms with Crippen LogP contribution in [0.15, 0.2) is 24.3 Å². The first-order chi connectivity index (χ1) is 8.11. The molecule has 2 N–H and O–H groups in total. The molecular weight excluding hydrogens is 212 g/mol. The number of benzene rings is 1. The molecule has 94 valence electrons. The number of nitrogens with one attached hydrogen (secondary N) is 1. The van der Waals surface area contributed by atoms with E-state index in [1.807, 2.05) is 12.1 Å². The van der Waals surface area contributed by atoms with E-state index in [1.165, 1.54) is 18.4 Å². The van der Waals surface area contributed by atoms with E-state index >= 15 is 0 Å². The van der Waals surface area contributed by atoms with Crippen molar-refractivity contribution in [3.63, 3.8) is 0 Å². The maximum Gasteiger partial charge on any atom is 0.115 e. The molecule has 1 aromatic rings. The highest BCUT2D eigenvalue weighted by Gasteiger charge is 2.27. The first-order valence-electron chi connectivity index (χ1n) is 6.30. The molecule has 3 heteroatoms. The summed E-state index contributed by atoms with van der Waals surface area (Å²) in [7, 11) is 2.05. The van der Waals surface area contributed by atoms with Gasteiger partial charge in [-0.3, -0.25) is 4.90 Å². The van der Waals surface area contributed by atoms with E-state index in [-0.39, 0.29) is 0 Å². The van der Waals surface area contributed by atoms with Crippen LogP contribution in [0.1, 0.15) is 25.3 Å². The fourth-order valence-electron chi connectivity index (χ4n) is 2.31. The average Bonchev–Trinajstić information content (AvgIpc) is 2.35. The zero-order chi connectivity index (χ0) is 12.3. The van der Waals surface area contributed by atoms with Gasteiger partial charge in [-0.1, -0.05) is 12.1 Å². The van der Waals surface area contributed by atoms with Gasteiger partial charge in [-0.15, -0.1) is 0 Å². The lowest BCUT2D eigenvalue weighted by molar-refractivity contribution is 0.146. The Hall–Kier alpha value is -1.06. The number of phenolic OH excluding ortho intramolecular Hbond substituents is 1. The van der Waals surface area contributed by atoms with Crippen LogP contribution in [0, 0.1) is 0 Å². The number of piperidine rings is 1. The lowest BCUT2D eigenvalue weighted by atomic mass is 9.90. The maximum atomic E-state index is 9.24. The van der Waals surface area contributed by atoms with Gasteiger partial charge in [-0.25, -0.2) is 0 Å². The Morgan fingerprint density at radius 3 is 2.35 bits per heavy atom. The molecule has 1 aromatic carbocycles. The molecule has 0 aliphatic carbocycles. The van der Waals surface area contributed by atoms with Gasteiger partial charge in [-0.2, -0.15) is 0 Å². The van der Waals surface area contributed by atoms with E-state index in [0.717, 1.165) is 19.6 Å². The largest absolute Gasteiger partial charge is 0.508 e. The molecule has 1 saturated heterocycles. The van der Waals surface area contributed by atoms with Crippen molar-refractivity contribution in [2.45, 2.75) is 31.8 Å². The highest BCUT2D eigenvalue weighted by atomic mass is 16.3. The summed E-state index contributed by atoms with van der Waals surface area (Å²) in [6, 6.07) is 7.52. The van der Waals surface area contributed by atoms with Gasteiger partial charge in [0.25, 0.3) is 0 Å². The SMILES string of the molecule is CNC1(C)CCN(Cc2ccc(O)cc2)CC1. The average molecular weight is 234 g/mol. The van der Waals surface area contributed by atoms with Gasteiger partial charge in [-0.05, 0) is 44.5 Å². The van der Waals surface area contributed by atoms with Gasteiger partial charge in [0.1, 0.15) is 5.75 Å². The first-order valence-corrected chi connectivity index (χ1v) is 6.30. The van der Waals surface area contributed by atoms with E-state index < -0.39 is 0 Å². The topological polar surface area (TPSA) is 35.5 Å². The summed E-state index contributed by atoms with van der Waals surface area (Å²) in [5.74, 6) is 0.343. The molecule has 2 rings (SSSR count). The van der Waals surface area contributed by atoms with Crippen LogP contribution in [-0.2, 0) is 6.54 Å². The minimum atomic E-state index is 0.311. The van der Waals surface area contributed by atoms with Gasteiger partial charge >= 0.3 is 0 Å². The molecule has 0 spiro atoms. The summed E-state index contributed by atoms with van der Waals surface area (Å²) in [6.45, 7) is 5.56. The highest BCUT2D eigenvalue weighted by Crippen LogP contribution is 2.22.